The summed E-state index contributed by atoms with van der Waals surface area (Å²) in [5, 5.41) is 0. The minimum Gasteiger partial charge on any atom is -0.494 e. The van der Waals surface area contributed by atoms with Gasteiger partial charge in [-0.25, -0.2) is 0 Å². The lowest BCUT2D eigenvalue weighted by atomic mass is 9.93. The molecule has 2 aromatic carbocycles. The monoisotopic (exact) mass is 353 g/mol. The molecule has 2 aromatic rings. The molecule has 0 unspecified atom stereocenters. The summed E-state index contributed by atoms with van der Waals surface area (Å²) in [5.74, 6) is 2.36. The number of carbonyl (C=O) groups is 1. The van der Waals surface area contributed by atoms with Gasteiger partial charge in [-0.1, -0.05) is 36.4 Å². The molecule has 138 valence electrons. The van der Waals surface area contributed by atoms with E-state index in [1.165, 1.54) is 0 Å². The molecule has 4 nitrogen and oxygen atoms in total. The lowest BCUT2D eigenvalue weighted by Crippen LogP contribution is -2.44. The van der Waals surface area contributed by atoms with Crippen molar-refractivity contribution in [2.24, 2.45) is 5.92 Å². The van der Waals surface area contributed by atoms with Crippen molar-refractivity contribution in [1.82, 2.24) is 4.90 Å². The van der Waals surface area contributed by atoms with E-state index in [0.717, 1.165) is 50.5 Å². The Hall–Kier alpha value is -2.49. The van der Waals surface area contributed by atoms with E-state index < -0.39 is 6.10 Å². The molecule has 0 N–H and O–H groups in total. The first-order chi connectivity index (χ1) is 12.7. The van der Waals surface area contributed by atoms with Crippen molar-refractivity contribution in [2.75, 3.05) is 19.7 Å². The molecule has 0 aromatic heterocycles. The van der Waals surface area contributed by atoms with Gasteiger partial charge in [-0.05, 0) is 56.4 Å². The molecular formula is C22H27NO3. The zero-order chi connectivity index (χ0) is 18.2. The number of ether oxygens (including phenoxy) is 2. The molecule has 1 aliphatic heterocycles. The number of nitrogens with zero attached hydrogens (tertiary/aromatic N) is 1. The number of rotatable bonds is 7. The highest BCUT2D eigenvalue weighted by Crippen LogP contribution is 2.22. The number of likely N-dealkylation sites (tertiary alicyclic amines) is 1. The highest BCUT2D eigenvalue weighted by Gasteiger charge is 2.26. The van der Waals surface area contributed by atoms with Crippen molar-refractivity contribution in [3.63, 3.8) is 0 Å². The number of amides is 1. The molecule has 1 atom stereocenters. The minimum absolute atomic E-state index is 0.0767. The highest BCUT2D eigenvalue weighted by atomic mass is 16.5. The summed E-state index contributed by atoms with van der Waals surface area (Å²) >= 11 is 0. The average Bonchev–Trinajstić information content (AvgIpc) is 2.69. The maximum Gasteiger partial charge on any atom is 0.263 e. The molecule has 0 saturated carbocycles. The molecule has 4 heteroatoms. The number of carbonyl (C=O) groups excluding carboxylic acids is 1. The molecule has 26 heavy (non-hydrogen) atoms. The SMILES string of the molecule is C[C@@H](Oc1ccccc1)C(=O)N1CCC(CCOc2ccccc2)CC1. The summed E-state index contributed by atoms with van der Waals surface area (Å²) in [7, 11) is 0. The first-order valence-electron chi connectivity index (χ1n) is 9.40. The third kappa shape index (κ3) is 5.25. The van der Waals surface area contributed by atoms with Crippen LogP contribution in [0.15, 0.2) is 60.7 Å². The highest BCUT2D eigenvalue weighted by molar-refractivity contribution is 5.81. The van der Waals surface area contributed by atoms with Crippen LogP contribution in [-0.2, 0) is 4.79 Å². The molecule has 0 spiro atoms. The second kappa shape index (κ2) is 9.27. The van der Waals surface area contributed by atoms with Crippen molar-refractivity contribution in [3.8, 4) is 11.5 Å². The topological polar surface area (TPSA) is 38.8 Å². The minimum atomic E-state index is -0.449. The van der Waals surface area contributed by atoms with Crippen LogP contribution in [0.5, 0.6) is 11.5 Å². The molecule has 1 heterocycles. The second-order valence-electron chi connectivity index (χ2n) is 6.79. The van der Waals surface area contributed by atoms with E-state index in [-0.39, 0.29) is 5.91 Å². The summed E-state index contributed by atoms with van der Waals surface area (Å²) in [6.45, 7) is 4.17. The molecule has 3 rings (SSSR count). The molecule has 0 aliphatic carbocycles. The maximum absolute atomic E-state index is 12.6. The Kier molecular flexibility index (Phi) is 6.53. The van der Waals surface area contributed by atoms with Gasteiger partial charge in [0, 0.05) is 13.1 Å². The van der Waals surface area contributed by atoms with Crippen molar-refractivity contribution in [2.45, 2.75) is 32.3 Å². The Balaban J connectivity index is 1.38. The predicted molar refractivity (Wildman–Crippen MR) is 102 cm³/mol. The maximum atomic E-state index is 12.6. The van der Waals surface area contributed by atoms with E-state index in [2.05, 4.69) is 0 Å². The van der Waals surface area contributed by atoms with E-state index in [1.54, 1.807) is 0 Å². The van der Waals surface area contributed by atoms with Crippen LogP contribution < -0.4 is 9.47 Å². The number of hydrogen-bond donors (Lipinski definition) is 0. The van der Waals surface area contributed by atoms with Gasteiger partial charge < -0.3 is 14.4 Å². The van der Waals surface area contributed by atoms with Crippen LogP contribution >= 0.6 is 0 Å². The Bertz CT molecular complexity index is 666. The zero-order valence-corrected chi connectivity index (χ0v) is 15.3. The first-order valence-corrected chi connectivity index (χ1v) is 9.40. The third-order valence-electron chi connectivity index (χ3n) is 4.87. The number of piperidine rings is 1. The van der Waals surface area contributed by atoms with E-state index in [4.69, 9.17) is 9.47 Å². The van der Waals surface area contributed by atoms with E-state index in [1.807, 2.05) is 72.5 Å². The lowest BCUT2D eigenvalue weighted by molar-refractivity contribution is -0.139. The summed E-state index contributed by atoms with van der Waals surface area (Å²) in [4.78, 5) is 14.5. The largest absolute Gasteiger partial charge is 0.494 e. The van der Waals surface area contributed by atoms with Crippen LogP contribution in [-0.4, -0.2) is 36.6 Å². The van der Waals surface area contributed by atoms with Gasteiger partial charge in [-0.15, -0.1) is 0 Å². The molecule has 0 radical (unpaired) electrons. The average molecular weight is 353 g/mol. The van der Waals surface area contributed by atoms with Gasteiger partial charge in [0.05, 0.1) is 6.61 Å². The molecular weight excluding hydrogens is 326 g/mol. The van der Waals surface area contributed by atoms with E-state index in [9.17, 15) is 4.79 Å². The van der Waals surface area contributed by atoms with E-state index in [0.29, 0.717) is 5.92 Å². The fourth-order valence-electron chi connectivity index (χ4n) is 3.31. The summed E-state index contributed by atoms with van der Waals surface area (Å²) in [6.07, 6.45) is 2.65. The fraction of sp³-hybridized carbons (Fsp3) is 0.409. The van der Waals surface area contributed by atoms with Crippen LogP contribution in [0.3, 0.4) is 0 Å². The van der Waals surface area contributed by atoms with Crippen molar-refractivity contribution in [3.05, 3.63) is 60.7 Å². The van der Waals surface area contributed by atoms with Crippen molar-refractivity contribution < 1.29 is 14.3 Å². The van der Waals surface area contributed by atoms with Gasteiger partial charge in [0.2, 0.25) is 0 Å². The van der Waals surface area contributed by atoms with Gasteiger partial charge in [0.25, 0.3) is 5.91 Å². The summed E-state index contributed by atoms with van der Waals surface area (Å²) in [5.41, 5.74) is 0. The second-order valence-corrected chi connectivity index (χ2v) is 6.79. The molecule has 1 fully saturated rings. The fourth-order valence-corrected chi connectivity index (χ4v) is 3.31. The predicted octanol–water partition coefficient (Wildman–Crippen LogP) is 4.16. The van der Waals surface area contributed by atoms with Crippen molar-refractivity contribution >= 4 is 5.91 Å². The smallest absolute Gasteiger partial charge is 0.263 e. The van der Waals surface area contributed by atoms with Gasteiger partial charge in [-0.2, -0.15) is 0 Å². The zero-order valence-electron chi connectivity index (χ0n) is 15.3. The first kappa shape index (κ1) is 18.3. The van der Waals surface area contributed by atoms with Gasteiger partial charge in [0.15, 0.2) is 6.10 Å². The standard InChI is InChI=1S/C22H27NO3/c1-18(26-21-10-6-3-7-11-21)22(24)23-15-12-19(13-16-23)14-17-25-20-8-4-2-5-9-20/h2-11,18-19H,12-17H2,1H3/t18-/m1/s1. The van der Waals surface area contributed by atoms with Crippen LogP contribution in [0.4, 0.5) is 0 Å². The van der Waals surface area contributed by atoms with Crippen LogP contribution in [0.1, 0.15) is 26.2 Å². The van der Waals surface area contributed by atoms with Gasteiger partial charge in [0.1, 0.15) is 11.5 Å². The molecule has 0 bridgehead atoms. The number of para-hydroxylation sites is 2. The summed E-state index contributed by atoms with van der Waals surface area (Å²) < 4.78 is 11.5. The Morgan fingerprint density at radius 1 is 1.00 bits per heavy atom. The Morgan fingerprint density at radius 2 is 1.58 bits per heavy atom. The van der Waals surface area contributed by atoms with Crippen LogP contribution in [0.25, 0.3) is 0 Å². The quantitative estimate of drug-likeness (QED) is 0.750. The molecule has 1 saturated heterocycles. The summed E-state index contributed by atoms with van der Waals surface area (Å²) in [6, 6.07) is 19.4. The van der Waals surface area contributed by atoms with E-state index >= 15 is 0 Å². The molecule has 1 aliphatic rings. The van der Waals surface area contributed by atoms with Crippen LogP contribution in [0, 0.1) is 5.92 Å². The number of benzene rings is 2. The Labute approximate surface area is 155 Å². The van der Waals surface area contributed by atoms with Gasteiger partial charge in [-0.3, -0.25) is 4.79 Å². The normalized spacial score (nSPS) is 16.1. The van der Waals surface area contributed by atoms with Crippen LogP contribution in [0.2, 0.25) is 0 Å². The number of hydrogen-bond acceptors (Lipinski definition) is 3. The van der Waals surface area contributed by atoms with Gasteiger partial charge >= 0.3 is 0 Å². The lowest BCUT2D eigenvalue weighted by Gasteiger charge is -2.33. The molecule has 1 amide bonds. The van der Waals surface area contributed by atoms with Crippen molar-refractivity contribution in [1.29, 1.82) is 0 Å². The third-order valence-corrected chi connectivity index (χ3v) is 4.87. The Morgan fingerprint density at radius 3 is 2.19 bits per heavy atom.